The van der Waals surface area contributed by atoms with E-state index in [1.54, 1.807) is 8.87 Å². The van der Waals surface area contributed by atoms with Gasteiger partial charge in [0.15, 0.2) is 0 Å². The number of aliphatic carboxylic acids is 2. The molecule has 0 saturated heterocycles. The minimum atomic E-state index is -0.909. The maximum atomic E-state index is 10.1. The summed E-state index contributed by atoms with van der Waals surface area (Å²) >= 11 is 0.181. The Labute approximate surface area is 230 Å². The van der Waals surface area contributed by atoms with Crippen molar-refractivity contribution in [2.24, 2.45) is 0 Å². The number of carboxylic acids is 2. The third-order valence-corrected chi connectivity index (χ3v) is 10.7. The van der Waals surface area contributed by atoms with E-state index in [0.29, 0.717) is 0 Å². The molecular weight excluding hydrogens is 543 g/mol. The van der Waals surface area contributed by atoms with Crippen LogP contribution in [-0.4, -0.2) is 33.1 Å². The van der Waals surface area contributed by atoms with Gasteiger partial charge in [-0.1, -0.05) is 117 Å². The molecule has 5 heteroatoms. The van der Waals surface area contributed by atoms with E-state index in [-0.39, 0.29) is 34.0 Å². The Kier molecular flexibility index (Phi) is 42.9. The van der Waals surface area contributed by atoms with E-state index in [4.69, 9.17) is 0 Å². The number of unbranched alkanes of at least 4 members (excludes halogenated alkanes) is 16. The van der Waals surface area contributed by atoms with Crippen molar-refractivity contribution in [2.45, 2.75) is 178 Å². The second kappa shape index (κ2) is 38.3. The number of carbonyl (C=O) groups excluding carboxylic acids is 2. The summed E-state index contributed by atoms with van der Waals surface area (Å²) in [7, 11) is 0. The van der Waals surface area contributed by atoms with Gasteiger partial charge in [-0.05, 0) is 25.7 Å². The van der Waals surface area contributed by atoms with Crippen LogP contribution in [0.2, 0.25) is 8.87 Å². The van der Waals surface area contributed by atoms with Crippen LogP contribution in [0.1, 0.15) is 169 Å². The molecule has 0 N–H and O–H groups in total. The molecule has 208 valence electrons. The van der Waals surface area contributed by atoms with Gasteiger partial charge in [-0.2, -0.15) is 0 Å². The first-order valence-electron chi connectivity index (χ1n) is 15.1. The van der Waals surface area contributed by atoms with Crippen molar-refractivity contribution in [1.29, 1.82) is 0 Å². The number of hydrogen-bond acceptors (Lipinski definition) is 4. The van der Waals surface area contributed by atoms with Gasteiger partial charge in [-0.25, -0.2) is 0 Å². The van der Waals surface area contributed by atoms with Crippen LogP contribution in [0.15, 0.2) is 0 Å². The van der Waals surface area contributed by atoms with Gasteiger partial charge < -0.3 is 19.8 Å². The van der Waals surface area contributed by atoms with Gasteiger partial charge >= 0.3 is 56.7 Å². The van der Waals surface area contributed by atoms with Crippen LogP contribution < -0.4 is 10.2 Å². The Morgan fingerprint density at radius 3 is 0.914 bits per heavy atom. The summed E-state index contributed by atoms with van der Waals surface area (Å²) in [6, 6.07) is 0. The number of carboxylic acid groups (broad SMARTS) is 2. The minimum absolute atomic E-state index is 0.181. The first-order valence-corrected chi connectivity index (χ1v) is 19.1. The molecule has 0 amide bonds. The van der Waals surface area contributed by atoms with Gasteiger partial charge in [0.25, 0.3) is 0 Å². The molecule has 0 aliphatic heterocycles. The van der Waals surface area contributed by atoms with E-state index in [1.807, 2.05) is 0 Å². The van der Waals surface area contributed by atoms with E-state index < -0.39 is 11.9 Å². The summed E-state index contributed by atoms with van der Waals surface area (Å²) in [5, 5.41) is 20.2. The van der Waals surface area contributed by atoms with Crippen molar-refractivity contribution in [3.8, 4) is 0 Å². The van der Waals surface area contributed by atoms with Gasteiger partial charge in [0, 0.05) is 11.9 Å². The third kappa shape index (κ3) is 51.3. The average molecular weight is 604 g/mol. The molecule has 0 bridgehead atoms. The van der Waals surface area contributed by atoms with Crippen molar-refractivity contribution in [1.82, 2.24) is 0 Å². The van der Waals surface area contributed by atoms with E-state index in [9.17, 15) is 19.8 Å². The fourth-order valence-electron chi connectivity index (χ4n) is 3.64. The summed E-state index contributed by atoms with van der Waals surface area (Å²) in [5.41, 5.74) is 0. The van der Waals surface area contributed by atoms with Crippen molar-refractivity contribution < 1.29 is 19.8 Å². The summed E-state index contributed by atoms with van der Waals surface area (Å²) in [6.07, 6.45) is 25.2. The maximum absolute atomic E-state index is 10.1. The second-order valence-electron chi connectivity index (χ2n) is 9.65. The van der Waals surface area contributed by atoms with E-state index >= 15 is 0 Å². The quantitative estimate of drug-likeness (QED) is 0.0838. The molecular formula is C30H60O4Sn. The zero-order valence-corrected chi connectivity index (χ0v) is 27.0. The van der Waals surface area contributed by atoms with Crippen molar-refractivity contribution >= 4 is 33.1 Å². The van der Waals surface area contributed by atoms with E-state index in [1.165, 1.54) is 103 Å². The Morgan fingerprint density at radius 1 is 0.429 bits per heavy atom. The van der Waals surface area contributed by atoms with Crippen LogP contribution in [0.25, 0.3) is 0 Å². The second-order valence-corrected chi connectivity index (χ2v) is 13.9. The SMILES string of the molecule is CCCCCCCCCCCC(=O)[O-].CCCCCCCCCCCC(=O)[O-].CC[CH2][Sn+2][CH2]CC. The van der Waals surface area contributed by atoms with Crippen molar-refractivity contribution in [3.63, 3.8) is 0 Å². The molecule has 0 aliphatic rings. The monoisotopic (exact) mass is 604 g/mol. The fraction of sp³-hybridized carbons (Fsp3) is 0.933. The van der Waals surface area contributed by atoms with Gasteiger partial charge in [0.2, 0.25) is 0 Å². The molecule has 0 unspecified atom stereocenters. The van der Waals surface area contributed by atoms with Gasteiger partial charge in [0.05, 0.1) is 0 Å². The fourth-order valence-corrected chi connectivity index (χ4v) is 6.37. The molecule has 0 fully saturated rings. The molecule has 0 heterocycles. The predicted octanol–water partition coefficient (Wildman–Crippen LogP) is 7.66. The summed E-state index contributed by atoms with van der Waals surface area (Å²) in [6.45, 7) is 9.02. The van der Waals surface area contributed by atoms with Crippen molar-refractivity contribution in [2.75, 3.05) is 0 Å². The summed E-state index contributed by atoms with van der Waals surface area (Å²) < 4.78 is 3.19. The molecule has 0 radical (unpaired) electrons. The zero-order valence-electron chi connectivity index (χ0n) is 24.1. The average Bonchev–Trinajstić information content (AvgIpc) is 2.83. The molecule has 0 spiro atoms. The van der Waals surface area contributed by atoms with Crippen LogP contribution in [-0.2, 0) is 9.59 Å². The van der Waals surface area contributed by atoms with E-state index in [2.05, 4.69) is 27.7 Å². The van der Waals surface area contributed by atoms with Gasteiger partial charge in [-0.3, -0.25) is 0 Å². The normalized spacial score (nSPS) is 9.94. The Balaban J connectivity index is -0.000000465. The Bertz CT molecular complexity index is 366. The standard InChI is InChI=1S/2C12H24O2.2C3H7.Sn/c2*1-2-3-4-5-6-7-8-9-10-11-12(13)14;2*1-3-2;/h2*2-11H2,1H3,(H,13,14);2*1,3H2,2H3;/q;;;;+2/p-2. The van der Waals surface area contributed by atoms with Crippen LogP contribution in [0.5, 0.6) is 0 Å². The number of hydrogen-bond donors (Lipinski definition) is 0. The molecule has 35 heavy (non-hydrogen) atoms. The topological polar surface area (TPSA) is 80.3 Å². The molecule has 0 aromatic heterocycles. The first-order chi connectivity index (χ1) is 17.0. The Morgan fingerprint density at radius 2 is 0.686 bits per heavy atom. The zero-order chi connectivity index (χ0) is 26.8. The van der Waals surface area contributed by atoms with Crippen LogP contribution >= 0.6 is 0 Å². The summed E-state index contributed by atoms with van der Waals surface area (Å²) in [4.78, 5) is 20.2. The molecule has 0 aromatic carbocycles. The molecule has 0 atom stereocenters. The van der Waals surface area contributed by atoms with Crippen LogP contribution in [0, 0.1) is 0 Å². The van der Waals surface area contributed by atoms with Crippen LogP contribution in [0.4, 0.5) is 0 Å². The van der Waals surface area contributed by atoms with Gasteiger partial charge in [-0.15, -0.1) is 0 Å². The van der Waals surface area contributed by atoms with Crippen molar-refractivity contribution in [3.05, 3.63) is 0 Å². The number of carbonyl (C=O) groups is 2. The molecule has 0 aliphatic carbocycles. The number of rotatable bonds is 24. The summed E-state index contributed by atoms with van der Waals surface area (Å²) in [5.74, 6) is -1.82. The van der Waals surface area contributed by atoms with Crippen LogP contribution in [0.3, 0.4) is 0 Å². The molecule has 0 aromatic rings. The van der Waals surface area contributed by atoms with E-state index in [0.717, 1.165) is 25.7 Å². The third-order valence-electron chi connectivity index (χ3n) is 5.82. The molecule has 0 saturated carbocycles. The van der Waals surface area contributed by atoms with Gasteiger partial charge in [0.1, 0.15) is 0 Å². The predicted molar refractivity (Wildman–Crippen MR) is 150 cm³/mol. The first kappa shape index (κ1) is 39.3. The molecule has 0 rings (SSSR count). The molecule has 4 nitrogen and oxygen atoms in total. The Hall–Kier alpha value is -0.261.